The second-order valence-electron chi connectivity index (χ2n) is 8.62. The molecule has 168 valence electrons. The Hall–Kier alpha value is -3.50. The van der Waals surface area contributed by atoms with Crippen LogP contribution in [-0.4, -0.2) is 5.91 Å². The van der Waals surface area contributed by atoms with Gasteiger partial charge in [-0.3, -0.25) is 4.79 Å². The van der Waals surface area contributed by atoms with E-state index in [2.05, 4.69) is 22.5 Å². The number of anilines is 1. The van der Waals surface area contributed by atoms with Gasteiger partial charge in [0.15, 0.2) is 5.76 Å². The molecule has 0 bridgehead atoms. The molecule has 1 aromatic heterocycles. The monoisotopic (exact) mass is 464 g/mol. The molecule has 2 aromatic carbocycles. The molecular weight excluding hydrogens is 443 g/mol. The van der Waals surface area contributed by atoms with Crippen LogP contribution in [0.15, 0.2) is 47.1 Å². The highest BCUT2D eigenvalue weighted by molar-refractivity contribution is 6.34. The van der Waals surface area contributed by atoms with Crippen molar-refractivity contribution in [1.82, 2.24) is 10.6 Å². The Morgan fingerprint density at radius 3 is 2.79 bits per heavy atom. The molecule has 33 heavy (non-hydrogen) atoms. The number of fused-ring (bicyclic) bond motifs is 4. The third-order valence-electron chi connectivity index (χ3n) is 6.44. The van der Waals surface area contributed by atoms with Gasteiger partial charge in [0, 0.05) is 17.5 Å². The summed E-state index contributed by atoms with van der Waals surface area (Å²) in [4.78, 5) is 12.8. The van der Waals surface area contributed by atoms with Crippen molar-refractivity contribution in [1.29, 1.82) is 5.26 Å². The van der Waals surface area contributed by atoms with Crippen LogP contribution in [0.5, 0.6) is 0 Å². The zero-order valence-electron chi connectivity index (χ0n) is 17.9. The van der Waals surface area contributed by atoms with Crippen LogP contribution >= 0.6 is 11.6 Å². The van der Waals surface area contributed by atoms with E-state index >= 15 is 0 Å². The molecule has 1 aliphatic carbocycles. The van der Waals surface area contributed by atoms with E-state index in [0.29, 0.717) is 22.0 Å². The lowest BCUT2D eigenvalue weighted by atomic mass is 9.74. The molecule has 1 aliphatic heterocycles. The lowest BCUT2D eigenvalue weighted by Crippen LogP contribution is -2.48. The number of amides is 1. The number of nitriles is 1. The molecule has 2 heterocycles. The van der Waals surface area contributed by atoms with Crippen molar-refractivity contribution < 1.29 is 13.6 Å². The highest BCUT2D eigenvalue weighted by Gasteiger charge is 2.42. The number of halogens is 2. The van der Waals surface area contributed by atoms with Crippen LogP contribution in [-0.2, 0) is 12.1 Å². The van der Waals surface area contributed by atoms with Gasteiger partial charge < -0.3 is 20.4 Å². The van der Waals surface area contributed by atoms with Crippen LogP contribution in [0.3, 0.4) is 0 Å². The van der Waals surface area contributed by atoms with Crippen molar-refractivity contribution in [3.8, 4) is 6.07 Å². The molecular formula is C25H22ClFN4O2. The summed E-state index contributed by atoms with van der Waals surface area (Å²) in [5.41, 5.74) is 2.49. The van der Waals surface area contributed by atoms with E-state index in [4.69, 9.17) is 21.3 Å². The van der Waals surface area contributed by atoms with Gasteiger partial charge in [-0.1, -0.05) is 43.5 Å². The van der Waals surface area contributed by atoms with Crippen molar-refractivity contribution in [3.05, 3.63) is 76.0 Å². The average molecular weight is 465 g/mol. The van der Waals surface area contributed by atoms with Gasteiger partial charge in [0.05, 0.1) is 27.6 Å². The molecule has 8 heteroatoms. The molecule has 3 N–H and O–H groups in total. The maximum atomic E-state index is 13.9. The maximum absolute atomic E-state index is 13.9. The summed E-state index contributed by atoms with van der Waals surface area (Å²) in [6.07, 6.45) is 5.15. The van der Waals surface area contributed by atoms with Crippen molar-refractivity contribution in [2.45, 2.75) is 44.2 Å². The van der Waals surface area contributed by atoms with Crippen LogP contribution < -0.4 is 16.0 Å². The lowest BCUT2D eigenvalue weighted by molar-refractivity contribution is 0.0925. The van der Waals surface area contributed by atoms with Crippen molar-refractivity contribution in [2.24, 2.45) is 0 Å². The summed E-state index contributed by atoms with van der Waals surface area (Å²) in [7, 11) is 0. The van der Waals surface area contributed by atoms with Gasteiger partial charge in [0.25, 0.3) is 5.91 Å². The molecule has 0 saturated heterocycles. The maximum Gasteiger partial charge on any atom is 0.287 e. The number of furan rings is 1. The van der Waals surface area contributed by atoms with Crippen molar-refractivity contribution >= 4 is 34.2 Å². The number of benzene rings is 2. The fourth-order valence-electron chi connectivity index (χ4n) is 4.93. The normalized spacial score (nSPS) is 16.6. The molecule has 0 radical (unpaired) electrons. The minimum Gasteiger partial charge on any atom is -0.450 e. The number of nitrogens with one attached hydrogen (secondary N) is 3. The van der Waals surface area contributed by atoms with Crippen LogP contribution in [0.1, 0.15) is 59.3 Å². The van der Waals surface area contributed by atoms with E-state index < -0.39 is 11.7 Å². The number of carbonyl (C=O) groups excluding carboxylic acids is 1. The van der Waals surface area contributed by atoms with Gasteiger partial charge >= 0.3 is 0 Å². The Morgan fingerprint density at radius 2 is 2.06 bits per heavy atom. The Labute approximate surface area is 195 Å². The Balaban J connectivity index is 1.48. The molecule has 3 aromatic rings. The van der Waals surface area contributed by atoms with Crippen molar-refractivity contribution in [2.75, 3.05) is 5.32 Å². The molecule has 5 rings (SSSR count). The average Bonchev–Trinajstić information content (AvgIpc) is 3.21. The van der Waals surface area contributed by atoms with Crippen LogP contribution in [0.2, 0.25) is 5.02 Å². The summed E-state index contributed by atoms with van der Waals surface area (Å²) in [5.74, 6) is -0.183. The first kappa shape index (κ1) is 21.4. The van der Waals surface area contributed by atoms with Gasteiger partial charge in [0.2, 0.25) is 0 Å². The summed E-state index contributed by atoms with van der Waals surface area (Å²) in [5, 5.41) is 19.7. The van der Waals surface area contributed by atoms with Gasteiger partial charge in [0.1, 0.15) is 17.5 Å². The van der Waals surface area contributed by atoms with E-state index in [9.17, 15) is 9.18 Å². The molecule has 1 saturated carbocycles. The largest absolute Gasteiger partial charge is 0.450 e. The number of hydrogen-bond acceptors (Lipinski definition) is 5. The van der Waals surface area contributed by atoms with E-state index in [1.165, 1.54) is 18.6 Å². The fraction of sp³-hybridized carbons (Fsp3) is 0.280. The minimum absolute atomic E-state index is 0.0365. The Morgan fingerprint density at radius 1 is 1.27 bits per heavy atom. The fourth-order valence-corrected chi connectivity index (χ4v) is 5.19. The SMILES string of the molecule is C=C1Nc2c(Cl)cc3cc(C(=O)NCc4ccc(C#N)c(F)c4)oc3c2C2(CCCCC2)N1. The highest BCUT2D eigenvalue weighted by Crippen LogP contribution is 2.49. The third kappa shape index (κ3) is 3.70. The molecule has 2 aliphatic rings. The quantitative estimate of drug-likeness (QED) is 0.464. The minimum atomic E-state index is -0.617. The predicted molar refractivity (Wildman–Crippen MR) is 124 cm³/mol. The number of carbonyl (C=O) groups is 1. The first-order valence-electron chi connectivity index (χ1n) is 10.9. The standard InChI is InChI=1S/C25H22ClFN4O2/c1-14-30-22-18(26)10-17-11-20(24(32)29-13-15-5-6-16(12-28)19(27)9-15)33-23(17)21(22)25(31-14)7-3-2-4-8-25/h5-6,9-11,30-31H,1-4,7-8,13H2,(H,29,32). The Bertz CT molecular complexity index is 1330. The van der Waals surface area contributed by atoms with Crippen LogP contribution in [0, 0.1) is 17.1 Å². The first-order valence-corrected chi connectivity index (χ1v) is 11.3. The predicted octanol–water partition coefficient (Wildman–Crippen LogP) is 5.67. The third-order valence-corrected chi connectivity index (χ3v) is 6.74. The molecule has 0 unspecified atom stereocenters. The second-order valence-corrected chi connectivity index (χ2v) is 9.02. The Kier molecular flexibility index (Phi) is 5.26. The first-order chi connectivity index (χ1) is 15.9. The number of rotatable bonds is 3. The summed E-state index contributed by atoms with van der Waals surface area (Å²) >= 11 is 6.63. The lowest BCUT2D eigenvalue weighted by Gasteiger charge is -2.44. The van der Waals surface area contributed by atoms with Gasteiger partial charge in [-0.05, 0) is 42.7 Å². The molecule has 1 spiro atoms. The zero-order chi connectivity index (χ0) is 23.2. The van der Waals surface area contributed by atoms with Crippen molar-refractivity contribution in [3.63, 3.8) is 0 Å². The smallest absolute Gasteiger partial charge is 0.287 e. The highest BCUT2D eigenvalue weighted by atomic mass is 35.5. The van der Waals surface area contributed by atoms with Gasteiger partial charge in [-0.15, -0.1) is 0 Å². The van der Waals surface area contributed by atoms with Crippen LogP contribution in [0.4, 0.5) is 10.1 Å². The van der Waals surface area contributed by atoms with Crippen LogP contribution in [0.25, 0.3) is 11.0 Å². The molecule has 1 fully saturated rings. The summed E-state index contributed by atoms with van der Waals surface area (Å²) < 4.78 is 19.9. The van der Waals surface area contributed by atoms with E-state index in [1.807, 2.05) is 0 Å². The van der Waals surface area contributed by atoms with E-state index in [-0.39, 0.29) is 23.4 Å². The van der Waals surface area contributed by atoms with Gasteiger partial charge in [-0.25, -0.2) is 4.39 Å². The zero-order valence-corrected chi connectivity index (χ0v) is 18.6. The summed E-state index contributed by atoms with van der Waals surface area (Å²) in [6, 6.07) is 9.48. The molecule has 1 amide bonds. The molecule has 6 nitrogen and oxygen atoms in total. The second kappa shape index (κ2) is 8.13. The molecule has 0 atom stereocenters. The topological polar surface area (TPSA) is 90.1 Å². The number of nitrogens with zero attached hydrogens (tertiary/aromatic N) is 1. The van der Waals surface area contributed by atoms with E-state index in [1.54, 1.807) is 24.3 Å². The van der Waals surface area contributed by atoms with Gasteiger partial charge in [-0.2, -0.15) is 5.26 Å². The number of hydrogen-bond donors (Lipinski definition) is 3. The summed E-state index contributed by atoms with van der Waals surface area (Å²) in [6.45, 7) is 4.17. The van der Waals surface area contributed by atoms with E-state index in [0.717, 1.165) is 42.3 Å².